The number of carbonyl (C=O) groups is 1. The minimum atomic E-state index is -4.24. The monoisotopic (exact) mass is 476 g/mol. The van der Waals surface area contributed by atoms with Gasteiger partial charge in [0.05, 0.1) is 6.42 Å². The van der Waals surface area contributed by atoms with E-state index < -0.39 is 32.6 Å². The summed E-state index contributed by atoms with van der Waals surface area (Å²) in [5, 5.41) is 9.20. The van der Waals surface area contributed by atoms with Crippen molar-refractivity contribution in [1.82, 2.24) is 0 Å². The fraction of sp³-hybridized carbons (Fsp3) is 0.136. The van der Waals surface area contributed by atoms with Crippen LogP contribution in [0.2, 0.25) is 0 Å². The molecular weight excluding hydrogens is 456 g/mol. The van der Waals surface area contributed by atoms with Crippen molar-refractivity contribution >= 4 is 26.2 Å². The van der Waals surface area contributed by atoms with Crippen molar-refractivity contribution in [2.45, 2.75) is 30.1 Å². The van der Waals surface area contributed by atoms with Crippen LogP contribution in [0, 0.1) is 13.8 Å². The van der Waals surface area contributed by atoms with Gasteiger partial charge >= 0.3 is 26.2 Å². The summed E-state index contributed by atoms with van der Waals surface area (Å²) in [7, 11) is -8.41. The van der Waals surface area contributed by atoms with Gasteiger partial charge in [0.15, 0.2) is 0 Å². The second-order valence-electron chi connectivity index (χ2n) is 7.04. The highest BCUT2D eigenvalue weighted by atomic mass is 32.2. The number of aryl methyl sites for hydroxylation is 2. The van der Waals surface area contributed by atoms with Gasteiger partial charge in [-0.3, -0.25) is 4.79 Å². The number of rotatable bonds is 8. The third-order valence-corrected chi connectivity index (χ3v) is 6.91. The highest BCUT2D eigenvalue weighted by Crippen LogP contribution is 2.29. The molecule has 0 amide bonds. The maximum absolute atomic E-state index is 12.6. The molecule has 3 aromatic rings. The molecule has 0 aromatic heterocycles. The van der Waals surface area contributed by atoms with Gasteiger partial charge in [-0.1, -0.05) is 35.4 Å². The summed E-state index contributed by atoms with van der Waals surface area (Å²) in [5.41, 5.74) is 1.65. The van der Waals surface area contributed by atoms with Gasteiger partial charge in [0.1, 0.15) is 21.3 Å². The molecule has 168 valence electrons. The Morgan fingerprint density at radius 2 is 1.22 bits per heavy atom. The SMILES string of the molecule is Cc1ccc(S(=O)(=O)Oc2ccc(OS(=O)(=O)c3ccc(C)cc3)c(CC(=O)O)c2)cc1. The zero-order valence-corrected chi connectivity index (χ0v) is 18.8. The van der Waals surface area contributed by atoms with Crippen molar-refractivity contribution in [3.63, 3.8) is 0 Å². The van der Waals surface area contributed by atoms with Crippen molar-refractivity contribution < 1.29 is 35.1 Å². The largest absolute Gasteiger partial charge is 0.481 e. The minimum absolute atomic E-state index is 0.0650. The molecular formula is C22H20O8S2. The molecule has 0 saturated carbocycles. The van der Waals surface area contributed by atoms with Crippen molar-refractivity contribution in [3.8, 4) is 11.5 Å². The molecule has 0 atom stereocenters. The first-order valence-electron chi connectivity index (χ1n) is 9.33. The number of carboxylic acids is 1. The molecule has 32 heavy (non-hydrogen) atoms. The number of aliphatic carboxylic acids is 1. The fourth-order valence-electron chi connectivity index (χ4n) is 2.74. The summed E-state index contributed by atoms with van der Waals surface area (Å²) in [6.45, 7) is 3.60. The van der Waals surface area contributed by atoms with Crippen LogP contribution in [-0.2, 0) is 31.5 Å². The lowest BCUT2D eigenvalue weighted by Gasteiger charge is -2.13. The average Bonchev–Trinajstić information content (AvgIpc) is 2.70. The van der Waals surface area contributed by atoms with Gasteiger partial charge in [-0.2, -0.15) is 16.8 Å². The predicted octanol–water partition coefficient (Wildman–Crippen LogP) is 3.47. The Hall–Kier alpha value is -3.37. The topological polar surface area (TPSA) is 124 Å². The van der Waals surface area contributed by atoms with E-state index in [1.54, 1.807) is 38.1 Å². The Bertz CT molecular complexity index is 1340. The number of hydrogen-bond donors (Lipinski definition) is 1. The highest BCUT2D eigenvalue weighted by molar-refractivity contribution is 7.87. The van der Waals surface area contributed by atoms with Gasteiger partial charge in [-0.05, 0) is 56.3 Å². The summed E-state index contributed by atoms with van der Waals surface area (Å²) in [5.74, 6) is -1.68. The predicted molar refractivity (Wildman–Crippen MR) is 116 cm³/mol. The lowest BCUT2D eigenvalue weighted by atomic mass is 10.1. The van der Waals surface area contributed by atoms with E-state index in [4.69, 9.17) is 8.37 Å². The Morgan fingerprint density at radius 3 is 1.69 bits per heavy atom. The molecule has 1 N–H and O–H groups in total. The van der Waals surface area contributed by atoms with Crippen LogP contribution in [0.25, 0.3) is 0 Å². The minimum Gasteiger partial charge on any atom is -0.481 e. The molecule has 3 aromatic carbocycles. The zero-order valence-electron chi connectivity index (χ0n) is 17.2. The van der Waals surface area contributed by atoms with E-state index >= 15 is 0 Å². The van der Waals surface area contributed by atoms with Crippen LogP contribution in [0.1, 0.15) is 16.7 Å². The summed E-state index contributed by atoms with van der Waals surface area (Å²) in [6, 6.07) is 15.4. The summed E-state index contributed by atoms with van der Waals surface area (Å²) in [6.07, 6.45) is -0.611. The fourth-order valence-corrected chi connectivity index (χ4v) is 4.63. The van der Waals surface area contributed by atoms with E-state index in [2.05, 4.69) is 0 Å². The number of benzene rings is 3. The Labute approximate surface area is 186 Å². The van der Waals surface area contributed by atoms with Crippen LogP contribution in [0.4, 0.5) is 0 Å². The Balaban J connectivity index is 1.93. The standard InChI is InChI=1S/C22H20O8S2/c1-15-3-8-19(9-4-15)31(25,26)29-18-7-12-21(17(13-18)14-22(23)24)30-32(27,28)20-10-5-16(2)6-11-20/h3-13H,14H2,1-2H3,(H,23,24). The van der Waals surface area contributed by atoms with Crippen molar-refractivity contribution in [2.24, 2.45) is 0 Å². The molecule has 0 aliphatic heterocycles. The third kappa shape index (κ3) is 5.65. The molecule has 0 fully saturated rings. The zero-order chi connectivity index (χ0) is 23.5. The van der Waals surface area contributed by atoms with E-state index in [-0.39, 0.29) is 26.9 Å². The molecule has 0 aliphatic carbocycles. The molecule has 0 spiro atoms. The van der Waals surface area contributed by atoms with Crippen LogP contribution >= 0.6 is 0 Å². The van der Waals surface area contributed by atoms with Gasteiger partial charge in [-0.25, -0.2) is 0 Å². The van der Waals surface area contributed by atoms with Crippen LogP contribution < -0.4 is 8.37 Å². The van der Waals surface area contributed by atoms with Crippen molar-refractivity contribution in [3.05, 3.63) is 83.4 Å². The van der Waals surface area contributed by atoms with Gasteiger partial charge < -0.3 is 13.5 Å². The molecule has 0 bridgehead atoms. The van der Waals surface area contributed by atoms with E-state index in [0.29, 0.717) is 0 Å². The van der Waals surface area contributed by atoms with Crippen LogP contribution in [0.15, 0.2) is 76.5 Å². The maximum atomic E-state index is 12.6. The first-order valence-corrected chi connectivity index (χ1v) is 12.1. The van der Waals surface area contributed by atoms with E-state index in [9.17, 15) is 26.7 Å². The van der Waals surface area contributed by atoms with Crippen LogP contribution in [-0.4, -0.2) is 27.9 Å². The van der Waals surface area contributed by atoms with Gasteiger partial charge in [0, 0.05) is 5.56 Å². The second kappa shape index (κ2) is 9.01. The highest BCUT2D eigenvalue weighted by Gasteiger charge is 2.22. The van der Waals surface area contributed by atoms with Crippen molar-refractivity contribution in [1.29, 1.82) is 0 Å². The molecule has 0 saturated heterocycles. The Morgan fingerprint density at radius 1 is 0.750 bits per heavy atom. The quantitative estimate of drug-likeness (QED) is 0.490. The Kier molecular flexibility index (Phi) is 6.56. The van der Waals surface area contributed by atoms with Crippen LogP contribution in [0.3, 0.4) is 0 Å². The van der Waals surface area contributed by atoms with E-state index in [1.165, 1.54) is 30.3 Å². The average molecular weight is 477 g/mol. The first-order chi connectivity index (χ1) is 15.0. The molecule has 8 nitrogen and oxygen atoms in total. The molecule has 0 aliphatic rings. The molecule has 3 rings (SSSR count). The number of carboxylic acid groups (broad SMARTS) is 1. The van der Waals surface area contributed by atoms with Gasteiger partial charge in [-0.15, -0.1) is 0 Å². The molecule has 10 heteroatoms. The van der Waals surface area contributed by atoms with E-state index in [0.717, 1.165) is 23.3 Å². The smallest absolute Gasteiger partial charge is 0.339 e. The molecule has 0 unspecified atom stereocenters. The molecule has 0 radical (unpaired) electrons. The summed E-state index contributed by atoms with van der Waals surface area (Å²) >= 11 is 0. The number of hydrogen-bond acceptors (Lipinski definition) is 7. The van der Waals surface area contributed by atoms with Gasteiger partial charge in [0.2, 0.25) is 0 Å². The lowest BCUT2D eigenvalue weighted by molar-refractivity contribution is -0.136. The van der Waals surface area contributed by atoms with Gasteiger partial charge in [0.25, 0.3) is 0 Å². The third-order valence-electron chi connectivity index (χ3n) is 4.40. The van der Waals surface area contributed by atoms with Crippen molar-refractivity contribution in [2.75, 3.05) is 0 Å². The van der Waals surface area contributed by atoms with E-state index in [1.807, 2.05) is 0 Å². The first kappa shape index (κ1) is 23.3. The lowest BCUT2D eigenvalue weighted by Crippen LogP contribution is -2.13. The maximum Gasteiger partial charge on any atom is 0.339 e. The van der Waals surface area contributed by atoms with Crippen LogP contribution in [0.5, 0.6) is 11.5 Å². The summed E-state index contributed by atoms with van der Waals surface area (Å²) < 4.78 is 60.4. The normalized spacial score (nSPS) is 11.7. The second-order valence-corrected chi connectivity index (χ2v) is 10.1. The molecule has 0 heterocycles. The summed E-state index contributed by atoms with van der Waals surface area (Å²) in [4.78, 5) is 11.1.